The van der Waals surface area contributed by atoms with Gasteiger partial charge < -0.3 is 4.52 Å². The highest BCUT2D eigenvalue weighted by Crippen LogP contribution is 2.33. The molecule has 1 saturated heterocycles. The van der Waals surface area contributed by atoms with Crippen molar-refractivity contribution in [3.05, 3.63) is 77.4 Å². The standard InChI is InChI=1S/C19H16F3N3O3S/c20-19(21,22)15-6-8-16(9-7-15)29(26,27)25-11-14(12-25)18-23-17(24-28-18)10-13-4-2-1-3-5-13/h1-9,14H,10-12H2. The number of alkyl halides is 3. The number of halogens is 3. The summed E-state index contributed by atoms with van der Waals surface area (Å²) in [7, 11) is -3.87. The van der Waals surface area contributed by atoms with Crippen LogP contribution in [-0.2, 0) is 22.6 Å². The van der Waals surface area contributed by atoms with Crippen LogP contribution in [0.25, 0.3) is 0 Å². The van der Waals surface area contributed by atoms with Crippen LogP contribution in [0.5, 0.6) is 0 Å². The fourth-order valence-corrected chi connectivity index (χ4v) is 4.57. The Balaban J connectivity index is 1.40. The molecule has 2 heterocycles. The number of rotatable bonds is 5. The minimum Gasteiger partial charge on any atom is -0.339 e. The lowest BCUT2D eigenvalue weighted by Gasteiger charge is -2.35. The maximum Gasteiger partial charge on any atom is 0.416 e. The first kappa shape index (κ1) is 19.6. The van der Waals surface area contributed by atoms with E-state index in [2.05, 4.69) is 10.1 Å². The SMILES string of the molecule is O=S(=O)(c1ccc(C(F)(F)F)cc1)N1CC(c2nc(Cc3ccccc3)no2)C1. The van der Waals surface area contributed by atoms with Crippen LogP contribution in [0.2, 0.25) is 0 Å². The van der Waals surface area contributed by atoms with Crippen LogP contribution >= 0.6 is 0 Å². The van der Waals surface area contributed by atoms with Gasteiger partial charge >= 0.3 is 6.18 Å². The summed E-state index contributed by atoms with van der Waals surface area (Å²) in [5.41, 5.74) is 0.134. The van der Waals surface area contributed by atoms with Crippen molar-refractivity contribution in [3.63, 3.8) is 0 Å². The third-order valence-corrected chi connectivity index (χ3v) is 6.55. The molecule has 10 heteroatoms. The van der Waals surface area contributed by atoms with Crippen molar-refractivity contribution >= 4 is 10.0 Å². The molecule has 0 bridgehead atoms. The van der Waals surface area contributed by atoms with Gasteiger partial charge in [-0.15, -0.1) is 0 Å². The topological polar surface area (TPSA) is 76.3 Å². The van der Waals surface area contributed by atoms with Gasteiger partial charge in [0.25, 0.3) is 0 Å². The van der Waals surface area contributed by atoms with Crippen LogP contribution in [-0.4, -0.2) is 36.0 Å². The highest BCUT2D eigenvalue weighted by atomic mass is 32.2. The smallest absolute Gasteiger partial charge is 0.339 e. The number of hydrogen-bond donors (Lipinski definition) is 0. The molecule has 0 amide bonds. The maximum absolute atomic E-state index is 12.6. The van der Waals surface area contributed by atoms with Crippen LogP contribution in [0.3, 0.4) is 0 Å². The Morgan fingerprint density at radius 2 is 1.69 bits per heavy atom. The molecule has 6 nitrogen and oxygen atoms in total. The third kappa shape index (κ3) is 4.03. The van der Waals surface area contributed by atoms with Crippen LogP contribution in [0, 0.1) is 0 Å². The van der Waals surface area contributed by atoms with Gasteiger partial charge in [-0.2, -0.15) is 22.5 Å². The first-order chi connectivity index (χ1) is 13.7. The molecule has 29 heavy (non-hydrogen) atoms. The Bertz CT molecular complexity index is 1090. The highest BCUT2D eigenvalue weighted by Gasteiger charge is 2.40. The summed E-state index contributed by atoms with van der Waals surface area (Å²) in [6.45, 7) is 0.270. The molecule has 0 radical (unpaired) electrons. The Kier molecular flexibility index (Phi) is 4.91. The van der Waals surface area contributed by atoms with Gasteiger partial charge in [-0.3, -0.25) is 0 Å². The fraction of sp³-hybridized carbons (Fsp3) is 0.263. The van der Waals surface area contributed by atoms with Crippen LogP contribution < -0.4 is 0 Å². The summed E-state index contributed by atoms with van der Waals surface area (Å²) in [4.78, 5) is 4.15. The molecule has 0 N–H and O–H groups in total. The summed E-state index contributed by atoms with van der Waals surface area (Å²) in [5.74, 6) is 0.626. The van der Waals surface area contributed by atoms with Gasteiger partial charge in [-0.1, -0.05) is 35.5 Å². The van der Waals surface area contributed by atoms with Gasteiger partial charge in [-0.05, 0) is 29.8 Å². The van der Waals surface area contributed by atoms with E-state index in [0.29, 0.717) is 18.1 Å². The van der Waals surface area contributed by atoms with Crippen molar-refractivity contribution in [2.45, 2.75) is 23.4 Å². The Morgan fingerprint density at radius 3 is 2.31 bits per heavy atom. The zero-order chi connectivity index (χ0) is 20.6. The molecule has 1 aliphatic rings. The summed E-state index contributed by atoms with van der Waals surface area (Å²) in [6.07, 6.45) is -4.01. The monoisotopic (exact) mass is 423 g/mol. The van der Waals surface area contributed by atoms with Crippen molar-refractivity contribution in [3.8, 4) is 0 Å². The first-order valence-corrected chi connectivity index (χ1v) is 10.2. The molecule has 1 fully saturated rings. The van der Waals surface area contributed by atoms with Crippen molar-refractivity contribution in [1.29, 1.82) is 0 Å². The van der Waals surface area contributed by atoms with E-state index < -0.39 is 21.8 Å². The van der Waals surface area contributed by atoms with Crippen molar-refractivity contribution in [2.24, 2.45) is 0 Å². The molecule has 3 aromatic rings. The van der Waals surface area contributed by atoms with Gasteiger partial charge in [0.1, 0.15) is 0 Å². The van der Waals surface area contributed by atoms with Gasteiger partial charge in [0.2, 0.25) is 15.9 Å². The van der Waals surface area contributed by atoms with Crippen molar-refractivity contribution in [2.75, 3.05) is 13.1 Å². The number of hydrogen-bond acceptors (Lipinski definition) is 5. The number of nitrogens with zero attached hydrogens (tertiary/aromatic N) is 3. The van der Waals surface area contributed by atoms with E-state index in [-0.39, 0.29) is 23.9 Å². The molecular formula is C19H16F3N3O3S. The van der Waals surface area contributed by atoms with Gasteiger partial charge in [0.05, 0.1) is 16.4 Å². The van der Waals surface area contributed by atoms with Gasteiger partial charge in [-0.25, -0.2) is 8.42 Å². The van der Waals surface area contributed by atoms with Crippen LogP contribution in [0.4, 0.5) is 13.2 Å². The lowest BCUT2D eigenvalue weighted by atomic mass is 10.0. The second-order valence-electron chi connectivity index (χ2n) is 6.75. The van der Waals surface area contributed by atoms with E-state index in [1.54, 1.807) is 0 Å². The quantitative estimate of drug-likeness (QED) is 0.628. The average molecular weight is 423 g/mol. The van der Waals surface area contributed by atoms with E-state index >= 15 is 0 Å². The maximum atomic E-state index is 12.6. The molecule has 0 atom stereocenters. The third-order valence-electron chi connectivity index (χ3n) is 4.71. The van der Waals surface area contributed by atoms with Crippen molar-refractivity contribution < 1.29 is 26.1 Å². The highest BCUT2D eigenvalue weighted by molar-refractivity contribution is 7.89. The summed E-state index contributed by atoms with van der Waals surface area (Å²) in [5, 5.41) is 3.93. The van der Waals surface area contributed by atoms with E-state index in [1.165, 1.54) is 4.31 Å². The lowest BCUT2D eigenvalue weighted by molar-refractivity contribution is -0.137. The molecule has 1 aromatic heterocycles. The van der Waals surface area contributed by atoms with Crippen molar-refractivity contribution in [1.82, 2.24) is 14.4 Å². The summed E-state index contributed by atoms with van der Waals surface area (Å²) >= 11 is 0. The van der Waals surface area contributed by atoms with Gasteiger partial charge in [0, 0.05) is 19.5 Å². The minimum absolute atomic E-state index is 0.135. The van der Waals surface area contributed by atoms with Crippen LogP contribution in [0.1, 0.15) is 28.8 Å². The summed E-state index contributed by atoms with van der Waals surface area (Å²) in [6, 6.07) is 13.1. The molecule has 0 unspecified atom stereocenters. The van der Waals surface area contributed by atoms with Crippen LogP contribution in [0.15, 0.2) is 64.0 Å². The van der Waals surface area contributed by atoms with E-state index in [4.69, 9.17) is 4.52 Å². The molecule has 4 rings (SSSR count). The number of benzene rings is 2. The zero-order valence-corrected chi connectivity index (χ0v) is 15.8. The fourth-order valence-electron chi connectivity index (χ4n) is 3.04. The number of sulfonamides is 1. The molecule has 0 spiro atoms. The Morgan fingerprint density at radius 1 is 1.03 bits per heavy atom. The van der Waals surface area contributed by atoms with E-state index in [9.17, 15) is 21.6 Å². The number of aromatic nitrogens is 2. The predicted molar refractivity (Wildman–Crippen MR) is 96.5 cm³/mol. The average Bonchev–Trinajstić information content (AvgIpc) is 3.08. The Labute approximate surface area is 165 Å². The molecular weight excluding hydrogens is 407 g/mol. The second kappa shape index (κ2) is 7.27. The molecule has 152 valence electrons. The molecule has 0 saturated carbocycles. The second-order valence-corrected chi connectivity index (χ2v) is 8.69. The summed E-state index contributed by atoms with van der Waals surface area (Å²) < 4.78 is 69.5. The normalized spacial score (nSPS) is 16.0. The minimum atomic E-state index is -4.51. The molecule has 1 aliphatic heterocycles. The lowest BCUT2D eigenvalue weighted by Crippen LogP contribution is -2.48. The molecule has 2 aromatic carbocycles. The largest absolute Gasteiger partial charge is 0.416 e. The van der Waals surface area contributed by atoms with Gasteiger partial charge in [0.15, 0.2) is 5.82 Å². The van der Waals surface area contributed by atoms with E-state index in [1.807, 2.05) is 30.3 Å². The Hall–Kier alpha value is -2.72. The predicted octanol–water partition coefficient (Wildman–Crippen LogP) is 3.47. The zero-order valence-electron chi connectivity index (χ0n) is 15.0. The van der Waals surface area contributed by atoms with E-state index in [0.717, 1.165) is 29.8 Å². The first-order valence-electron chi connectivity index (χ1n) is 8.77. The molecule has 0 aliphatic carbocycles.